The van der Waals surface area contributed by atoms with E-state index in [0.717, 1.165) is 5.56 Å². The molecule has 2 aromatic rings. The Balaban J connectivity index is 2.13. The van der Waals surface area contributed by atoms with Gasteiger partial charge in [-0.25, -0.2) is 12.7 Å². The maximum atomic E-state index is 12.8. The fourth-order valence-corrected chi connectivity index (χ4v) is 4.67. The quantitative estimate of drug-likeness (QED) is 0.801. The van der Waals surface area contributed by atoms with Crippen LogP contribution in [0.15, 0.2) is 54.6 Å². The van der Waals surface area contributed by atoms with Crippen molar-refractivity contribution in [1.82, 2.24) is 4.31 Å². The van der Waals surface area contributed by atoms with E-state index in [4.69, 9.17) is 0 Å². The molecule has 24 heavy (non-hydrogen) atoms. The van der Waals surface area contributed by atoms with Gasteiger partial charge in [0.2, 0.25) is 15.9 Å². The van der Waals surface area contributed by atoms with E-state index in [0.29, 0.717) is 9.87 Å². The zero-order chi connectivity index (χ0) is 17.5. The summed E-state index contributed by atoms with van der Waals surface area (Å²) in [5, 5.41) is -1.43. The Labute approximate surface area is 141 Å². The number of Topliss-reactive ketones (excluding diaryl/α,β-unsaturated/α-hetero) is 1. The van der Waals surface area contributed by atoms with Crippen molar-refractivity contribution >= 4 is 21.7 Å². The van der Waals surface area contributed by atoms with Crippen LogP contribution in [-0.4, -0.2) is 36.7 Å². The Hall–Kier alpha value is -2.47. The lowest BCUT2D eigenvalue weighted by Crippen LogP contribution is -2.33. The van der Waals surface area contributed by atoms with Gasteiger partial charge in [-0.05, 0) is 12.5 Å². The predicted molar refractivity (Wildman–Crippen MR) is 90.2 cm³/mol. The summed E-state index contributed by atoms with van der Waals surface area (Å²) in [6, 6.07) is 15.2. The highest BCUT2D eigenvalue weighted by Gasteiger charge is 2.55. The molecule has 0 N–H and O–H groups in total. The van der Waals surface area contributed by atoms with Crippen molar-refractivity contribution < 1.29 is 18.0 Å². The number of likely N-dealkylation sites (N-methyl/N-ethyl adjacent to an activating group) is 1. The minimum atomic E-state index is -4.04. The molecule has 5 nitrogen and oxygen atoms in total. The molecule has 0 bridgehead atoms. The summed E-state index contributed by atoms with van der Waals surface area (Å²) in [5.41, 5.74) is 1.81. The van der Waals surface area contributed by atoms with Gasteiger partial charge in [0.05, 0.1) is 5.92 Å². The van der Waals surface area contributed by atoms with Crippen LogP contribution < -0.4 is 0 Å². The van der Waals surface area contributed by atoms with Crippen LogP contribution in [0.25, 0.3) is 0 Å². The van der Waals surface area contributed by atoms with Crippen molar-refractivity contribution in [3.8, 4) is 0 Å². The number of hydrogen-bond acceptors (Lipinski definition) is 4. The topological polar surface area (TPSA) is 71.5 Å². The minimum Gasteiger partial charge on any atom is -0.293 e. The molecule has 1 aliphatic heterocycles. The molecule has 1 aliphatic rings. The first-order valence-electron chi connectivity index (χ1n) is 7.51. The van der Waals surface area contributed by atoms with Crippen LogP contribution >= 0.6 is 0 Å². The van der Waals surface area contributed by atoms with E-state index in [1.165, 1.54) is 7.05 Å². The fourth-order valence-electron chi connectivity index (χ4n) is 2.94. The van der Waals surface area contributed by atoms with Gasteiger partial charge in [-0.2, -0.15) is 0 Å². The van der Waals surface area contributed by atoms with Crippen LogP contribution in [0.2, 0.25) is 0 Å². The second-order valence-electron chi connectivity index (χ2n) is 5.89. The van der Waals surface area contributed by atoms with Gasteiger partial charge in [0.15, 0.2) is 11.0 Å². The van der Waals surface area contributed by atoms with Gasteiger partial charge in [-0.15, -0.1) is 0 Å². The molecular weight excluding hydrogens is 326 g/mol. The van der Waals surface area contributed by atoms with Crippen molar-refractivity contribution in [1.29, 1.82) is 0 Å². The van der Waals surface area contributed by atoms with Crippen LogP contribution in [-0.2, 0) is 14.8 Å². The Morgan fingerprint density at radius 1 is 1.00 bits per heavy atom. The van der Waals surface area contributed by atoms with Crippen LogP contribution in [0.4, 0.5) is 0 Å². The molecule has 1 fully saturated rings. The molecule has 0 aliphatic carbocycles. The first-order chi connectivity index (χ1) is 11.3. The average Bonchev–Trinajstić information content (AvgIpc) is 2.76. The summed E-state index contributed by atoms with van der Waals surface area (Å²) in [6.07, 6.45) is 0. The van der Waals surface area contributed by atoms with E-state index in [1.54, 1.807) is 54.6 Å². The minimum absolute atomic E-state index is 0.284. The smallest absolute Gasteiger partial charge is 0.248 e. The largest absolute Gasteiger partial charge is 0.293 e. The van der Waals surface area contributed by atoms with Gasteiger partial charge in [0, 0.05) is 12.6 Å². The highest BCUT2D eigenvalue weighted by atomic mass is 32.2. The van der Waals surface area contributed by atoms with Crippen molar-refractivity contribution in [2.45, 2.75) is 18.1 Å². The Kier molecular flexibility index (Phi) is 4.01. The molecule has 124 valence electrons. The van der Waals surface area contributed by atoms with Gasteiger partial charge in [-0.1, -0.05) is 60.2 Å². The summed E-state index contributed by atoms with van der Waals surface area (Å²) in [6.45, 7) is 1.90. The molecule has 1 amide bonds. The highest BCUT2D eigenvalue weighted by molar-refractivity contribution is 7.91. The Bertz CT molecular complexity index is 888. The first kappa shape index (κ1) is 16.4. The lowest BCUT2D eigenvalue weighted by atomic mass is 9.90. The zero-order valence-electron chi connectivity index (χ0n) is 13.3. The highest BCUT2D eigenvalue weighted by Crippen LogP contribution is 2.37. The van der Waals surface area contributed by atoms with Crippen LogP contribution in [0.1, 0.15) is 27.4 Å². The number of carbonyl (C=O) groups is 2. The fraction of sp³-hybridized carbons (Fsp3) is 0.222. The summed E-state index contributed by atoms with van der Waals surface area (Å²) in [7, 11) is -2.83. The number of nitrogens with zero attached hydrogens (tertiary/aromatic N) is 1. The molecule has 6 heteroatoms. The predicted octanol–water partition coefficient (Wildman–Crippen LogP) is 2.13. The van der Waals surface area contributed by atoms with E-state index in [-0.39, 0.29) is 5.56 Å². The Morgan fingerprint density at radius 3 is 2.17 bits per heavy atom. The summed E-state index contributed by atoms with van der Waals surface area (Å²) in [4.78, 5) is 25.4. The number of hydrogen-bond donors (Lipinski definition) is 0. The van der Waals surface area contributed by atoms with E-state index in [1.807, 2.05) is 6.92 Å². The number of rotatable bonds is 3. The second kappa shape index (κ2) is 5.87. The third-order valence-corrected chi connectivity index (χ3v) is 6.41. The monoisotopic (exact) mass is 343 g/mol. The van der Waals surface area contributed by atoms with Gasteiger partial charge in [-0.3, -0.25) is 9.59 Å². The van der Waals surface area contributed by atoms with Gasteiger partial charge in [0.25, 0.3) is 0 Å². The van der Waals surface area contributed by atoms with E-state index in [2.05, 4.69) is 0 Å². The maximum Gasteiger partial charge on any atom is 0.248 e. The molecule has 0 saturated carbocycles. The standard InChI is InChI=1S/C18H17NO4S/c1-12-8-10-13(11-9-12)15-17(24(22,23)19(2)18(15)21)16(20)14-6-4-3-5-7-14/h3-11,15,17H,1-2H3/t15-,17+/m0/s1. The third kappa shape index (κ3) is 2.53. The van der Waals surface area contributed by atoms with E-state index < -0.39 is 32.9 Å². The summed E-state index contributed by atoms with van der Waals surface area (Å²) >= 11 is 0. The van der Waals surface area contributed by atoms with E-state index >= 15 is 0 Å². The van der Waals surface area contributed by atoms with Gasteiger partial charge in [0.1, 0.15) is 0 Å². The second-order valence-corrected chi connectivity index (χ2v) is 7.98. The summed E-state index contributed by atoms with van der Waals surface area (Å²) in [5.74, 6) is -2.15. The number of amides is 1. The number of ketones is 1. The van der Waals surface area contributed by atoms with E-state index in [9.17, 15) is 18.0 Å². The molecule has 3 rings (SSSR count). The molecule has 0 aromatic heterocycles. The van der Waals surface area contributed by atoms with Crippen LogP contribution in [0, 0.1) is 6.92 Å². The van der Waals surface area contributed by atoms with Crippen LogP contribution in [0.5, 0.6) is 0 Å². The lowest BCUT2D eigenvalue weighted by molar-refractivity contribution is -0.125. The molecule has 0 unspecified atom stereocenters. The number of aryl methyl sites for hydroxylation is 1. The van der Waals surface area contributed by atoms with Crippen molar-refractivity contribution in [3.63, 3.8) is 0 Å². The molecule has 0 spiro atoms. The SMILES string of the molecule is Cc1ccc([C@@H]2C(=O)N(C)S(=O)(=O)[C@H]2C(=O)c2ccccc2)cc1. The van der Waals surface area contributed by atoms with Crippen molar-refractivity contribution in [2.24, 2.45) is 0 Å². The maximum absolute atomic E-state index is 12.8. The molecular formula is C18H17NO4S. The first-order valence-corrected chi connectivity index (χ1v) is 9.02. The number of benzene rings is 2. The number of carbonyl (C=O) groups excluding carboxylic acids is 2. The molecule has 1 heterocycles. The zero-order valence-corrected chi connectivity index (χ0v) is 14.2. The molecule has 0 radical (unpaired) electrons. The van der Waals surface area contributed by atoms with Crippen molar-refractivity contribution in [2.75, 3.05) is 7.05 Å². The van der Waals surface area contributed by atoms with Crippen molar-refractivity contribution in [3.05, 3.63) is 71.3 Å². The molecule has 1 saturated heterocycles. The number of sulfonamides is 1. The Morgan fingerprint density at radius 2 is 1.58 bits per heavy atom. The average molecular weight is 343 g/mol. The van der Waals surface area contributed by atoms with Gasteiger partial charge >= 0.3 is 0 Å². The lowest BCUT2D eigenvalue weighted by Gasteiger charge is -2.15. The van der Waals surface area contributed by atoms with Gasteiger partial charge < -0.3 is 0 Å². The normalized spacial score (nSPS) is 22.6. The molecule has 2 aromatic carbocycles. The summed E-state index contributed by atoms with van der Waals surface area (Å²) < 4.78 is 26.0. The van der Waals surface area contributed by atoms with Crippen LogP contribution in [0.3, 0.4) is 0 Å². The third-order valence-electron chi connectivity index (χ3n) is 4.33. The molecule has 2 atom stereocenters.